The van der Waals surface area contributed by atoms with E-state index >= 15 is 0 Å². The number of hydrogen-bond donors (Lipinski definition) is 2. The molecule has 180 valence electrons. The molecule has 0 aromatic rings. The highest BCUT2D eigenvalue weighted by Crippen LogP contribution is 2.65. The highest BCUT2D eigenvalue weighted by Gasteiger charge is 2.80. The predicted octanol–water partition coefficient (Wildman–Crippen LogP) is 2.06. The lowest BCUT2D eigenvalue weighted by molar-refractivity contribution is -0.158. The number of carbonyl (C=O) groups excluding carboxylic acids is 2. The second kappa shape index (κ2) is 9.14. The zero-order valence-corrected chi connectivity index (χ0v) is 19.7. The number of carboxylic acids is 1. The Labute approximate surface area is 190 Å². The van der Waals surface area contributed by atoms with Crippen LogP contribution < -0.4 is 0 Å². The molecule has 3 heterocycles. The van der Waals surface area contributed by atoms with E-state index in [1.807, 2.05) is 13.8 Å². The maximum atomic E-state index is 14.1. The van der Waals surface area contributed by atoms with Gasteiger partial charge in [0.15, 0.2) is 0 Å². The molecule has 2 bridgehead atoms. The highest BCUT2D eigenvalue weighted by molar-refractivity contribution is 5.98. The van der Waals surface area contributed by atoms with Crippen LogP contribution in [0.3, 0.4) is 0 Å². The molecule has 2 N–H and O–H groups in total. The molecule has 0 aromatic heterocycles. The second-order valence-corrected chi connectivity index (χ2v) is 9.92. The van der Waals surface area contributed by atoms with E-state index in [9.17, 15) is 24.6 Å². The zero-order chi connectivity index (χ0) is 23.8. The van der Waals surface area contributed by atoms with E-state index < -0.39 is 35.0 Å². The maximum Gasteiger partial charge on any atom is 0.310 e. The quantitative estimate of drug-likeness (QED) is 0.369. The zero-order valence-electron chi connectivity index (χ0n) is 19.7. The van der Waals surface area contributed by atoms with Gasteiger partial charge in [0.1, 0.15) is 17.6 Å². The summed E-state index contributed by atoms with van der Waals surface area (Å²) in [5.41, 5.74) is -2.13. The molecule has 8 nitrogen and oxygen atoms in total. The van der Waals surface area contributed by atoms with Crippen molar-refractivity contribution in [2.75, 3.05) is 19.7 Å². The van der Waals surface area contributed by atoms with Crippen molar-refractivity contribution < 1.29 is 29.3 Å². The minimum atomic E-state index is -1.14. The first-order chi connectivity index (χ1) is 15.1. The Morgan fingerprint density at radius 1 is 1.41 bits per heavy atom. The van der Waals surface area contributed by atoms with Crippen LogP contribution in [0.2, 0.25) is 0 Å². The van der Waals surface area contributed by atoms with Crippen LogP contribution in [0.4, 0.5) is 0 Å². The summed E-state index contributed by atoms with van der Waals surface area (Å²) >= 11 is 0. The second-order valence-electron chi connectivity index (χ2n) is 9.92. The summed E-state index contributed by atoms with van der Waals surface area (Å²) in [6, 6.07) is -0.913. The third-order valence-corrected chi connectivity index (χ3v) is 7.97. The molecule has 0 radical (unpaired) electrons. The van der Waals surface area contributed by atoms with E-state index in [-0.39, 0.29) is 30.4 Å². The third-order valence-electron chi connectivity index (χ3n) is 7.97. The molecular formula is C24H38N2O6. The van der Waals surface area contributed by atoms with Crippen molar-refractivity contribution in [2.45, 2.75) is 83.1 Å². The van der Waals surface area contributed by atoms with Crippen LogP contribution in [-0.4, -0.2) is 80.8 Å². The summed E-state index contributed by atoms with van der Waals surface area (Å²) in [5, 5.41) is 19.3. The number of unbranched alkanes of at least 4 members (excludes halogenated alkanes) is 1. The van der Waals surface area contributed by atoms with Gasteiger partial charge in [0.05, 0.1) is 11.5 Å². The smallest absolute Gasteiger partial charge is 0.310 e. The fourth-order valence-corrected chi connectivity index (χ4v) is 6.39. The number of carboxylic acid groups (broad SMARTS) is 1. The minimum absolute atomic E-state index is 0.00526. The number of amides is 2. The van der Waals surface area contributed by atoms with Gasteiger partial charge in [-0.25, -0.2) is 0 Å². The van der Waals surface area contributed by atoms with Gasteiger partial charge in [-0.1, -0.05) is 26.3 Å². The topological polar surface area (TPSA) is 107 Å². The van der Waals surface area contributed by atoms with E-state index in [1.54, 1.807) is 22.8 Å². The number of carbonyl (C=O) groups is 3. The Morgan fingerprint density at radius 2 is 2.09 bits per heavy atom. The lowest BCUT2D eigenvalue weighted by Crippen LogP contribution is -2.58. The van der Waals surface area contributed by atoms with E-state index in [0.29, 0.717) is 32.4 Å². The van der Waals surface area contributed by atoms with Crippen molar-refractivity contribution in [1.29, 1.82) is 0 Å². The highest BCUT2D eigenvalue weighted by atomic mass is 16.5. The molecule has 0 aliphatic carbocycles. The van der Waals surface area contributed by atoms with Crippen molar-refractivity contribution in [3.63, 3.8) is 0 Å². The van der Waals surface area contributed by atoms with Gasteiger partial charge < -0.3 is 24.7 Å². The summed E-state index contributed by atoms with van der Waals surface area (Å²) in [6.07, 6.45) is 4.91. The van der Waals surface area contributed by atoms with Crippen LogP contribution in [0, 0.1) is 17.8 Å². The number of aliphatic hydroxyl groups is 1. The molecule has 32 heavy (non-hydrogen) atoms. The first kappa shape index (κ1) is 24.7. The van der Waals surface area contributed by atoms with E-state index in [4.69, 9.17) is 4.74 Å². The van der Waals surface area contributed by atoms with Gasteiger partial charge in [-0.3, -0.25) is 14.4 Å². The molecule has 2 amide bonds. The first-order valence-electron chi connectivity index (χ1n) is 11.9. The Bertz CT molecular complexity index is 772. The molecular weight excluding hydrogens is 412 g/mol. The summed E-state index contributed by atoms with van der Waals surface area (Å²) in [7, 11) is 0. The maximum absolute atomic E-state index is 14.1. The number of rotatable bonds is 11. The number of ether oxygens (including phenoxy) is 1. The third kappa shape index (κ3) is 3.55. The van der Waals surface area contributed by atoms with Crippen LogP contribution in [0.1, 0.15) is 59.8 Å². The molecule has 0 saturated carbocycles. The van der Waals surface area contributed by atoms with Crippen LogP contribution in [-0.2, 0) is 19.1 Å². The standard InChI is InChI=1S/C24H38N2O6/c1-6-10-16(4)25(11-7-2)21(29)19-24-14-15(3)23(5,32-24)18(22(30)31)17(24)20(28)26(19)12-8-9-13-27/h7,15-19,27H,2,6,8-14H2,1,3-5H3,(H,30,31)/t15?,16?,17-,18-,19?,23+,24?/m0/s1. The number of nitrogens with zero attached hydrogens (tertiary/aromatic N) is 2. The molecule has 4 unspecified atom stereocenters. The molecule has 3 saturated heterocycles. The van der Waals surface area contributed by atoms with Crippen molar-refractivity contribution in [2.24, 2.45) is 17.8 Å². The monoisotopic (exact) mass is 450 g/mol. The normalized spacial score (nSPS) is 36.3. The van der Waals surface area contributed by atoms with Crippen LogP contribution in [0.5, 0.6) is 0 Å². The molecule has 0 aromatic carbocycles. The fraction of sp³-hybridized carbons (Fsp3) is 0.792. The van der Waals surface area contributed by atoms with Crippen LogP contribution in [0.25, 0.3) is 0 Å². The molecule has 1 spiro atoms. The number of aliphatic carboxylic acids is 1. The molecule has 7 atom stereocenters. The van der Waals surface area contributed by atoms with Crippen molar-refractivity contribution in [3.05, 3.63) is 12.7 Å². The summed E-state index contributed by atoms with van der Waals surface area (Å²) in [6.45, 7) is 12.2. The molecule has 3 aliphatic heterocycles. The van der Waals surface area contributed by atoms with Crippen molar-refractivity contribution >= 4 is 17.8 Å². The summed E-state index contributed by atoms with van der Waals surface area (Å²) in [5.74, 6) is -3.53. The van der Waals surface area contributed by atoms with Gasteiger partial charge in [-0.2, -0.15) is 0 Å². The van der Waals surface area contributed by atoms with Crippen molar-refractivity contribution in [1.82, 2.24) is 9.80 Å². The Balaban J connectivity index is 2.07. The Kier molecular flexibility index (Phi) is 7.05. The van der Waals surface area contributed by atoms with Gasteiger partial charge in [0, 0.05) is 25.7 Å². The number of likely N-dealkylation sites (tertiary alicyclic amines) is 1. The van der Waals surface area contributed by atoms with E-state index in [0.717, 1.165) is 12.8 Å². The number of aliphatic hydroxyl groups excluding tert-OH is 1. The van der Waals surface area contributed by atoms with Gasteiger partial charge in [-0.15, -0.1) is 6.58 Å². The van der Waals surface area contributed by atoms with Gasteiger partial charge in [0.2, 0.25) is 11.8 Å². The van der Waals surface area contributed by atoms with Crippen LogP contribution in [0.15, 0.2) is 12.7 Å². The first-order valence-corrected chi connectivity index (χ1v) is 11.9. The van der Waals surface area contributed by atoms with Gasteiger partial charge in [-0.05, 0) is 45.4 Å². The van der Waals surface area contributed by atoms with E-state index in [2.05, 4.69) is 13.5 Å². The molecule has 3 fully saturated rings. The lowest BCUT2D eigenvalue weighted by atomic mass is 9.62. The number of hydrogen-bond acceptors (Lipinski definition) is 5. The van der Waals surface area contributed by atoms with Crippen molar-refractivity contribution in [3.8, 4) is 0 Å². The SMILES string of the molecule is C=CCN(C(=O)C1N(CCCCO)C(=O)[C@@H]2[C@@H](C(=O)O)[C@]3(C)OC12CC3C)C(C)CCC. The van der Waals surface area contributed by atoms with Gasteiger partial charge in [0.25, 0.3) is 0 Å². The molecule has 8 heteroatoms. The molecule has 3 aliphatic rings. The average molecular weight is 451 g/mol. The Hall–Kier alpha value is -1.93. The summed E-state index contributed by atoms with van der Waals surface area (Å²) in [4.78, 5) is 43.3. The van der Waals surface area contributed by atoms with E-state index in [1.165, 1.54) is 0 Å². The van der Waals surface area contributed by atoms with Crippen LogP contribution >= 0.6 is 0 Å². The average Bonchev–Trinajstić information content (AvgIpc) is 3.23. The largest absolute Gasteiger partial charge is 0.481 e. The minimum Gasteiger partial charge on any atom is -0.481 e. The Morgan fingerprint density at radius 3 is 2.66 bits per heavy atom. The fourth-order valence-electron chi connectivity index (χ4n) is 6.39. The number of fused-ring (bicyclic) bond motifs is 1. The summed E-state index contributed by atoms with van der Waals surface area (Å²) < 4.78 is 6.50. The predicted molar refractivity (Wildman–Crippen MR) is 119 cm³/mol. The van der Waals surface area contributed by atoms with Gasteiger partial charge >= 0.3 is 5.97 Å². The molecule has 3 rings (SSSR count). The lowest BCUT2D eigenvalue weighted by Gasteiger charge is -2.39.